The van der Waals surface area contributed by atoms with Crippen molar-refractivity contribution in [3.63, 3.8) is 0 Å². The molecule has 0 aliphatic heterocycles. The summed E-state index contributed by atoms with van der Waals surface area (Å²) in [4.78, 5) is 0.618. The Bertz CT molecular complexity index is 740. The number of rotatable bonds is 5. The van der Waals surface area contributed by atoms with Gasteiger partial charge < -0.3 is 5.11 Å². The minimum atomic E-state index is -3.69. The van der Waals surface area contributed by atoms with Crippen molar-refractivity contribution >= 4 is 21.4 Å². The molecule has 0 aliphatic rings. The molecule has 4 nitrogen and oxygen atoms in total. The summed E-state index contributed by atoms with van der Waals surface area (Å²) in [5.74, 6) is -0.432. The van der Waals surface area contributed by atoms with E-state index < -0.39 is 15.8 Å². The van der Waals surface area contributed by atoms with Crippen molar-refractivity contribution in [2.45, 2.75) is 24.3 Å². The smallest absolute Gasteiger partial charge is 0.252 e. The largest absolute Gasteiger partial charge is 0.391 e. The molecule has 0 saturated heterocycles. The van der Waals surface area contributed by atoms with Crippen molar-refractivity contribution in [2.75, 3.05) is 7.05 Å². The molecule has 0 amide bonds. The lowest BCUT2D eigenvalue weighted by molar-refractivity contribution is 0.285. The van der Waals surface area contributed by atoms with Crippen LogP contribution in [0.25, 0.3) is 0 Å². The van der Waals surface area contributed by atoms with E-state index in [1.54, 1.807) is 25.1 Å². The third-order valence-electron chi connectivity index (χ3n) is 3.16. The number of thiophene rings is 1. The SMILES string of the molecule is Cc1cc(S(=O)(=O)N(C)Cc2ccccc2F)sc1CO. The van der Waals surface area contributed by atoms with E-state index in [1.165, 1.54) is 19.2 Å². The van der Waals surface area contributed by atoms with E-state index in [0.717, 1.165) is 21.2 Å². The van der Waals surface area contributed by atoms with Crippen LogP contribution in [0.5, 0.6) is 0 Å². The van der Waals surface area contributed by atoms with Crippen LogP contribution in [0.4, 0.5) is 4.39 Å². The van der Waals surface area contributed by atoms with Gasteiger partial charge in [-0.05, 0) is 24.6 Å². The Morgan fingerprint density at radius 2 is 2.00 bits per heavy atom. The summed E-state index contributed by atoms with van der Waals surface area (Å²) in [7, 11) is -2.28. The fourth-order valence-corrected chi connectivity index (χ4v) is 4.69. The minimum absolute atomic E-state index is 0.0413. The second kappa shape index (κ2) is 6.23. The van der Waals surface area contributed by atoms with E-state index in [4.69, 9.17) is 5.11 Å². The van der Waals surface area contributed by atoms with E-state index in [-0.39, 0.29) is 17.4 Å². The summed E-state index contributed by atoms with van der Waals surface area (Å²) in [6.45, 7) is 1.52. The number of aliphatic hydroxyl groups excluding tert-OH is 1. The molecule has 0 spiro atoms. The van der Waals surface area contributed by atoms with E-state index in [2.05, 4.69) is 0 Å². The highest BCUT2D eigenvalue weighted by Gasteiger charge is 2.24. The van der Waals surface area contributed by atoms with Crippen molar-refractivity contribution in [3.8, 4) is 0 Å². The predicted octanol–water partition coefficient (Wildman–Crippen LogP) is 2.51. The summed E-state index contributed by atoms with van der Waals surface area (Å²) in [5, 5.41) is 9.16. The van der Waals surface area contributed by atoms with Crippen LogP contribution in [-0.4, -0.2) is 24.9 Å². The van der Waals surface area contributed by atoms with Gasteiger partial charge in [-0.25, -0.2) is 12.8 Å². The lowest BCUT2D eigenvalue weighted by Gasteiger charge is -2.16. The van der Waals surface area contributed by atoms with Gasteiger partial charge in [-0.15, -0.1) is 11.3 Å². The van der Waals surface area contributed by atoms with Crippen molar-refractivity contribution in [3.05, 3.63) is 52.2 Å². The maximum atomic E-state index is 13.6. The summed E-state index contributed by atoms with van der Waals surface area (Å²) < 4.78 is 39.8. The van der Waals surface area contributed by atoms with E-state index in [1.807, 2.05) is 0 Å². The average molecular weight is 329 g/mol. The standard InChI is InChI=1S/C14H16FNO3S2/c1-10-7-14(20-13(10)9-17)21(18,19)16(2)8-11-5-3-4-6-12(11)15/h3-7,17H,8-9H2,1-2H3. The molecule has 2 rings (SSSR count). The molecule has 0 atom stereocenters. The van der Waals surface area contributed by atoms with E-state index in [0.29, 0.717) is 10.4 Å². The van der Waals surface area contributed by atoms with Gasteiger partial charge in [0.2, 0.25) is 0 Å². The molecule has 1 N–H and O–H groups in total. The van der Waals surface area contributed by atoms with Gasteiger partial charge in [0, 0.05) is 24.0 Å². The van der Waals surface area contributed by atoms with E-state index in [9.17, 15) is 12.8 Å². The van der Waals surface area contributed by atoms with Crippen LogP contribution in [0.15, 0.2) is 34.5 Å². The molecule has 0 fully saturated rings. The average Bonchev–Trinajstić information content (AvgIpc) is 2.83. The molecular weight excluding hydrogens is 313 g/mol. The van der Waals surface area contributed by atoms with Crippen molar-refractivity contribution in [1.29, 1.82) is 0 Å². The van der Waals surface area contributed by atoms with Gasteiger partial charge in [-0.1, -0.05) is 18.2 Å². The lowest BCUT2D eigenvalue weighted by atomic mass is 10.2. The summed E-state index contributed by atoms with van der Waals surface area (Å²) >= 11 is 1.04. The second-order valence-corrected chi connectivity index (χ2v) is 8.09. The molecule has 114 valence electrons. The number of aliphatic hydroxyl groups is 1. The fourth-order valence-electron chi connectivity index (χ4n) is 1.88. The second-order valence-electron chi connectivity index (χ2n) is 4.68. The number of hydrogen-bond donors (Lipinski definition) is 1. The highest BCUT2D eigenvalue weighted by atomic mass is 32.2. The van der Waals surface area contributed by atoms with Crippen LogP contribution in [0.2, 0.25) is 0 Å². The molecule has 0 aliphatic carbocycles. The molecule has 0 bridgehead atoms. The molecule has 0 unspecified atom stereocenters. The van der Waals surface area contributed by atoms with Crippen LogP contribution >= 0.6 is 11.3 Å². The third-order valence-corrected chi connectivity index (χ3v) is 6.63. The molecule has 2 aromatic rings. The number of aryl methyl sites for hydroxylation is 1. The first-order valence-electron chi connectivity index (χ1n) is 6.26. The summed E-state index contributed by atoms with van der Waals surface area (Å²) in [5.41, 5.74) is 1.06. The number of benzene rings is 1. The maximum Gasteiger partial charge on any atom is 0.252 e. The quantitative estimate of drug-likeness (QED) is 0.917. The summed E-state index contributed by atoms with van der Waals surface area (Å²) in [6, 6.07) is 7.61. The Kier molecular flexibility index (Phi) is 4.77. The molecular formula is C14H16FNO3S2. The minimum Gasteiger partial charge on any atom is -0.391 e. The highest BCUT2D eigenvalue weighted by Crippen LogP contribution is 2.28. The Morgan fingerprint density at radius 1 is 1.33 bits per heavy atom. The maximum absolute atomic E-state index is 13.6. The number of nitrogens with zero attached hydrogens (tertiary/aromatic N) is 1. The van der Waals surface area contributed by atoms with Crippen molar-refractivity contribution in [1.82, 2.24) is 4.31 Å². The molecule has 0 radical (unpaired) electrons. The number of hydrogen-bond acceptors (Lipinski definition) is 4. The van der Waals surface area contributed by atoms with Crippen molar-refractivity contribution < 1.29 is 17.9 Å². The Morgan fingerprint density at radius 3 is 2.57 bits per heavy atom. The molecule has 7 heteroatoms. The van der Waals surface area contributed by atoms with Crippen LogP contribution < -0.4 is 0 Å². The summed E-state index contributed by atoms with van der Waals surface area (Å²) in [6.07, 6.45) is 0. The predicted molar refractivity (Wildman–Crippen MR) is 80.0 cm³/mol. The Labute approximate surface area is 127 Å². The first-order chi connectivity index (χ1) is 9.86. The van der Waals surface area contributed by atoms with Gasteiger partial charge in [-0.2, -0.15) is 4.31 Å². The first-order valence-corrected chi connectivity index (χ1v) is 8.52. The zero-order valence-electron chi connectivity index (χ0n) is 11.7. The van der Waals surface area contributed by atoms with Gasteiger partial charge in [0.25, 0.3) is 10.0 Å². The van der Waals surface area contributed by atoms with Crippen LogP contribution in [0.1, 0.15) is 16.0 Å². The molecule has 1 aromatic heterocycles. The first kappa shape index (κ1) is 16.1. The molecule has 0 saturated carbocycles. The zero-order chi connectivity index (χ0) is 15.6. The number of halogens is 1. The topological polar surface area (TPSA) is 57.6 Å². The molecule has 21 heavy (non-hydrogen) atoms. The monoisotopic (exact) mass is 329 g/mol. The van der Waals surface area contributed by atoms with Gasteiger partial charge in [0.1, 0.15) is 10.0 Å². The van der Waals surface area contributed by atoms with Gasteiger partial charge >= 0.3 is 0 Å². The third kappa shape index (κ3) is 3.32. The van der Waals surface area contributed by atoms with Crippen molar-refractivity contribution in [2.24, 2.45) is 0 Å². The zero-order valence-corrected chi connectivity index (χ0v) is 13.3. The van der Waals surface area contributed by atoms with Crippen LogP contribution in [-0.2, 0) is 23.2 Å². The molecule has 1 heterocycles. The van der Waals surface area contributed by atoms with Crippen LogP contribution in [0, 0.1) is 12.7 Å². The lowest BCUT2D eigenvalue weighted by Crippen LogP contribution is -2.26. The van der Waals surface area contributed by atoms with E-state index >= 15 is 0 Å². The molecule has 1 aromatic carbocycles. The van der Waals surface area contributed by atoms with Gasteiger partial charge in [0.15, 0.2) is 0 Å². The van der Waals surface area contributed by atoms with Gasteiger partial charge in [0.05, 0.1) is 6.61 Å². The Balaban J connectivity index is 2.28. The van der Waals surface area contributed by atoms with Gasteiger partial charge in [-0.3, -0.25) is 0 Å². The fraction of sp³-hybridized carbons (Fsp3) is 0.286. The highest BCUT2D eigenvalue weighted by molar-refractivity contribution is 7.91. The van der Waals surface area contributed by atoms with Crippen LogP contribution in [0.3, 0.4) is 0 Å². The number of sulfonamides is 1. The normalized spacial score (nSPS) is 12.0. The Hall–Kier alpha value is -1.28.